The number of nitro groups is 1. The SMILES string of the molecule is COc1ccc(CNCc2ccc([N+](=O)[O-])cc2)cc1C. The molecule has 0 saturated heterocycles. The van der Waals surface area contributed by atoms with E-state index in [-0.39, 0.29) is 5.69 Å². The Hall–Kier alpha value is -2.40. The molecule has 110 valence electrons. The summed E-state index contributed by atoms with van der Waals surface area (Å²) in [6.45, 7) is 3.42. The Balaban J connectivity index is 1.89. The average Bonchev–Trinajstić information content (AvgIpc) is 2.48. The first-order chi connectivity index (χ1) is 10.1. The summed E-state index contributed by atoms with van der Waals surface area (Å²) < 4.78 is 5.23. The molecule has 0 amide bonds. The molecule has 0 spiro atoms. The van der Waals surface area contributed by atoms with Gasteiger partial charge < -0.3 is 10.1 Å². The van der Waals surface area contributed by atoms with Gasteiger partial charge in [0.2, 0.25) is 0 Å². The van der Waals surface area contributed by atoms with Crippen molar-refractivity contribution in [2.24, 2.45) is 0 Å². The summed E-state index contributed by atoms with van der Waals surface area (Å²) in [6.07, 6.45) is 0. The number of ether oxygens (including phenoxy) is 1. The number of hydrogen-bond donors (Lipinski definition) is 1. The van der Waals surface area contributed by atoms with Gasteiger partial charge in [0.1, 0.15) is 5.75 Å². The van der Waals surface area contributed by atoms with Crippen LogP contribution >= 0.6 is 0 Å². The number of nitrogens with one attached hydrogen (secondary N) is 1. The first-order valence-corrected chi connectivity index (χ1v) is 6.67. The molecule has 0 saturated carbocycles. The van der Waals surface area contributed by atoms with E-state index in [1.807, 2.05) is 19.1 Å². The third-order valence-electron chi connectivity index (χ3n) is 3.26. The van der Waals surface area contributed by atoms with Gasteiger partial charge in [-0.15, -0.1) is 0 Å². The van der Waals surface area contributed by atoms with Crippen molar-refractivity contribution in [3.05, 3.63) is 69.3 Å². The maximum atomic E-state index is 10.6. The highest BCUT2D eigenvalue weighted by molar-refractivity contribution is 5.36. The lowest BCUT2D eigenvalue weighted by atomic mass is 10.1. The molecule has 0 aliphatic heterocycles. The summed E-state index contributed by atoms with van der Waals surface area (Å²) in [7, 11) is 1.66. The van der Waals surface area contributed by atoms with Crippen molar-refractivity contribution in [2.45, 2.75) is 20.0 Å². The van der Waals surface area contributed by atoms with E-state index in [1.54, 1.807) is 19.2 Å². The lowest BCUT2D eigenvalue weighted by Gasteiger charge is -2.08. The van der Waals surface area contributed by atoms with Gasteiger partial charge in [-0.1, -0.05) is 24.3 Å². The number of rotatable bonds is 6. The number of methoxy groups -OCH3 is 1. The molecule has 21 heavy (non-hydrogen) atoms. The number of non-ortho nitro benzene ring substituents is 1. The van der Waals surface area contributed by atoms with E-state index in [9.17, 15) is 10.1 Å². The van der Waals surface area contributed by atoms with Gasteiger partial charge in [-0.05, 0) is 29.7 Å². The van der Waals surface area contributed by atoms with E-state index in [0.29, 0.717) is 6.54 Å². The van der Waals surface area contributed by atoms with Crippen molar-refractivity contribution in [1.82, 2.24) is 5.32 Å². The Bertz CT molecular complexity index is 624. The molecule has 0 radical (unpaired) electrons. The summed E-state index contributed by atoms with van der Waals surface area (Å²) in [5.41, 5.74) is 3.41. The third kappa shape index (κ3) is 4.03. The highest BCUT2D eigenvalue weighted by Gasteiger charge is 2.04. The summed E-state index contributed by atoms with van der Waals surface area (Å²) in [5, 5.41) is 13.9. The summed E-state index contributed by atoms with van der Waals surface area (Å²) in [5.74, 6) is 0.883. The van der Waals surface area contributed by atoms with Crippen LogP contribution in [0.2, 0.25) is 0 Å². The number of hydrogen-bond acceptors (Lipinski definition) is 4. The van der Waals surface area contributed by atoms with Crippen molar-refractivity contribution in [1.29, 1.82) is 0 Å². The van der Waals surface area contributed by atoms with Gasteiger partial charge in [0.15, 0.2) is 0 Å². The second-order valence-corrected chi connectivity index (χ2v) is 4.83. The van der Waals surface area contributed by atoms with Crippen molar-refractivity contribution in [3.63, 3.8) is 0 Å². The van der Waals surface area contributed by atoms with Crippen LogP contribution in [0.3, 0.4) is 0 Å². The predicted octanol–water partition coefficient (Wildman–Crippen LogP) is 3.20. The molecule has 2 aromatic carbocycles. The van der Waals surface area contributed by atoms with Gasteiger partial charge >= 0.3 is 0 Å². The molecule has 2 aromatic rings. The molecule has 0 unspecified atom stereocenters. The Morgan fingerprint density at radius 1 is 1.10 bits per heavy atom. The fourth-order valence-corrected chi connectivity index (χ4v) is 2.14. The number of nitro benzene ring substituents is 1. The van der Waals surface area contributed by atoms with Crippen LogP contribution in [0.15, 0.2) is 42.5 Å². The molecule has 0 aliphatic carbocycles. The zero-order chi connectivity index (χ0) is 15.2. The Morgan fingerprint density at radius 3 is 2.29 bits per heavy atom. The molecule has 2 rings (SSSR count). The second kappa shape index (κ2) is 6.85. The topological polar surface area (TPSA) is 64.4 Å². The van der Waals surface area contributed by atoms with Crippen molar-refractivity contribution >= 4 is 5.69 Å². The summed E-state index contributed by atoms with van der Waals surface area (Å²) >= 11 is 0. The normalized spacial score (nSPS) is 10.4. The minimum absolute atomic E-state index is 0.115. The van der Waals surface area contributed by atoms with E-state index in [4.69, 9.17) is 4.74 Å². The van der Waals surface area contributed by atoms with E-state index >= 15 is 0 Å². The van der Waals surface area contributed by atoms with Crippen LogP contribution in [0.1, 0.15) is 16.7 Å². The van der Waals surface area contributed by atoms with Crippen LogP contribution in [0, 0.1) is 17.0 Å². The Morgan fingerprint density at radius 2 is 1.71 bits per heavy atom. The van der Waals surface area contributed by atoms with Crippen LogP contribution in [-0.4, -0.2) is 12.0 Å². The zero-order valence-corrected chi connectivity index (χ0v) is 12.1. The van der Waals surface area contributed by atoms with Crippen LogP contribution in [0.4, 0.5) is 5.69 Å². The van der Waals surface area contributed by atoms with Crippen molar-refractivity contribution in [2.75, 3.05) is 7.11 Å². The molecule has 5 nitrogen and oxygen atoms in total. The number of nitrogens with zero attached hydrogens (tertiary/aromatic N) is 1. The zero-order valence-electron chi connectivity index (χ0n) is 12.1. The molecule has 5 heteroatoms. The summed E-state index contributed by atoms with van der Waals surface area (Å²) in [4.78, 5) is 10.2. The fourth-order valence-electron chi connectivity index (χ4n) is 2.14. The Kier molecular flexibility index (Phi) is 4.90. The average molecular weight is 286 g/mol. The van der Waals surface area contributed by atoms with Gasteiger partial charge in [-0.25, -0.2) is 0 Å². The minimum Gasteiger partial charge on any atom is -0.496 e. The minimum atomic E-state index is -0.392. The highest BCUT2D eigenvalue weighted by Crippen LogP contribution is 2.18. The quantitative estimate of drug-likeness (QED) is 0.654. The molecular formula is C16H18N2O3. The van der Waals surface area contributed by atoms with Crippen molar-refractivity contribution in [3.8, 4) is 5.75 Å². The van der Waals surface area contributed by atoms with Gasteiger partial charge in [0.25, 0.3) is 5.69 Å². The van der Waals surface area contributed by atoms with Crippen molar-refractivity contribution < 1.29 is 9.66 Å². The monoisotopic (exact) mass is 286 g/mol. The van der Waals surface area contributed by atoms with E-state index in [1.165, 1.54) is 17.7 Å². The fraction of sp³-hybridized carbons (Fsp3) is 0.250. The molecule has 0 atom stereocenters. The van der Waals surface area contributed by atoms with Gasteiger partial charge in [0, 0.05) is 25.2 Å². The molecule has 0 aromatic heterocycles. The lowest BCUT2D eigenvalue weighted by Crippen LogP contribution is -2.12. The predicted molar refractivity (Wildman–Crippen MR) is 81.4 cm³/mol. The largest absolute Gasteiger partial charge is 0.496 e. The summed E-state index contributed by atoms with van der Waals surface area (Å²) in [6, 6.07) is 12.6. The smallest absolute Gasteiger partial charge is 0.269 e. The second-order valence-electron chi connectivity index (χ2n) is 4.83. The van der Waals surface area contributed by atoms with Crippen LogP contribution in [0.5, 0.6) is 5.75 Å². The van der Waals surface area contributed by atoms with E-state index in [0.717, 1.165) is 23.4 Å². The molecule has 0 heterocycles. The standard InChI is InChI=1S/C16H18N2O3/c1-12-9-14(5-8-16(12)21-2)11-17-10-13-3-6-15(7-4-13)18(19)20/h3-9,17H,10-11H2,1-2H3. The third-order valence-corrected chi connectivity index (χ3v) is 3.26. The molecular weight excluding hydrogens is 268 g/mol. The number of aryl methyl sites for hydroxylation is 1. The Labute approximate surface area is 123 Å². The van der Waals surface area contributed by atoms with Crippen LogP contribution in [-0.2, 0) is 13.1 Å². The van der Waals surface area contributed by atoms with Gasteiger partial charge in [-0.2, -0.15) is 0 Å². The maximum absolute atomic E-state index is 10.6. The molecule has 1 N–H and O–H groups in total. The van der Waals surface area contributed by atoms with Gasteiger partial charge in [0.05, 0.1) is 12.0 Å². The van der Waals surface area contributed by atoms with Gasteiger partial charge in [-0.3, -0.25) is 10.1 Å². The van der Waals surface area contributed by atoms with E-state index < -0.39 is 4.92 Å². The molecule has 0 aliphatic rings. The lowest BCUT2D eigenvalue weighted by molar-refractivity contribution is -0.384. The maximum Gasteiger partial charge on any atom is 0.269 e. The first-order valence-electron chi connectivity index (χ1n) is 6.67. The first kappa shape index (κ1) is 15.0. The van der Waals surface area contributed by atoms with Crippen LogP contribution in [0.25, 0.3) is 0 Å². The molecule has 0 fully saturated rings. The van der Waals surface area contributed by atoms with Crippen LogP contribution < -0.4 is 10.1 Å². The van der Waals surface area contributed by atoms with E-state index in [2.05, 4.69) is 11.4 Å². The molecule has 0 bridgehead atoms. The highest BCUT2D eigenvalue weighted by atomic mass is 16.6. The number of benzene rings is 2.